The van der Waals surface area contributed by atoms with Crippen LogP contribution in [0.25, 0.3) is 0 Å². The number of methoxy groups -OCH3 is 1. The number of aryl methyl sites for hydroxylation is 1. The van der Waals surface area contributed by atoms with Crippen LogP contribution < -0.4 is 5.32 Å². The molecule has 0 radical (unpaired) electrons. The van der Waals surface area contributed by atoms with Crippen molar-refractivity contribution in [3.8, 4) is 0 Å². The van der Waals surface area contributed by atoms with Crippen molar-refractivity contribution in [2.45, 2.75) is 46.1 Å². The van der Waals surface area contributed by atoms with Crippen molar-refractivity contribution in [1.29, 1.82) is 0 Å². The maximum Gasteiger partial charge on any atom is 0.0985 e. The molecule has 0 saturated heterocycles. The number of rotatable bonds is 6. The highest BCUT2D eigenvalue weighted by Crippen LogP contribution is 2.29. The smallest absolute Gasteiger partial charge is 0.0985 e. The molecule has 1 heterocycles. The highest BCUT2D eigenvalue weighted by Gasteiger charge is 2.20. The van der Waals surface area contributed by atoms with E-state index in [2.05, 4.69) is 33.0 Å². The lowest BCUT2D eigenvalue weighted by molar-refractivity contribution is 0.199. The summed E-state index contributed by atoms with van der Waals surface area (Å²) >= 11 is 1.83. The summed E-state index contributed by atoms with van der Waals surface area (Å²) in [5.74, 6) is 0. The normalized spacial score (nSPS) is 12.1. The van der Waals surface area contributed by atoms with E-state index in [9.17, 15) is 0 Å². The first-order valence-electron chi connectivity index (χ1n) is 6.17. The van der Waals surface area contributed by atoms with Gasteiger partial charge in [0.25, 0.3) is 0 Å². The fourth-order valence-electron chi connectivity index (χ4n) is 1.49. The molecular weight excluding hydrogens is 232 g/mol. The predicted octanol–water partition coefficient (Wildman–Crippen LogP) is 2.74. The Bertz CT molecular complexity index is 342. The van der Waals surface area contributed by atoms with E-state index in [-0.39, 0.29) is 5.41 Å². The highest BCUT2D eigenvalue weighted by molar-refractivity contribution is 7.11. The number of ether oxygens (including phenoxy) is 1. The van der Waals surface area contributed by atoms with Crippen molar-refractivity contribution in [2.24, 2.45) is 0 Å². The second-order valence-corrected chi connectivity index (χ2v) is 6.25. The minimum Gasteiger partial charge on any atom is -0.383 e. The molecule has 0 bridgehead atoms. The Morgan fingerprint density at radius 2 is 2.06 bits per heavy atom. The first-order valence-corrected chi connectivity index (χ1v) is 6.99. The Kier molecular flexibility index (Phi) is 5.56. The molecule has 0 atom stereocenters. The van der Waals surface area contributed by atoms with E-state index in [0.29, 0.717) is 0 Å². The van der Waals surface area contributed by atoms with Crippen LogP contribution in [0.5, 0.6) is 0 Å². The lowest BCUT2D eigenvalue weighted by atomic mass is 9.98. The second-order valence-electron chi connectivity index (χ2n) is 5.16. The van der Waals surface area contributed by atoms with Gasteiger partial charge in [-0.25, -0.2) is 4.98 Å². The SMILES string of the molecule is CCc1nc(C(C)(C)C)sc1CNCCOC. The van der Waals surface area contributed by atoms with E-state index in [0.717, 1.165) is 26.1 Å². The first-order chi connectivity index (χ1) is 7.99. The van der Waals surface area contributed by atoms with Gasteiger partial charge in [-0.3, -0.25) is 0 Å². The van der Waals surface area contributed by atoms with Crippen LogP contribution in [0.15, 0.2) is 0 Å². The van der Waals surface area contributed by atoms with Gasteiger partial charge in [0.2, 0.25) is 0 Å². The van der Waals surface area contributed by atoms with Crippen LogP contribution in [0, 0.1) is 0 Å². The maximum absolute atomic E-state index is 5.02. The molecule has 4 heteroatoms. The largest absolute Gasteiger partial charge is 0.383 e. The van der Waals surface area contributed by atoms with E-state index < -0.39 is 0 Å². The van der Waals surface area contributed by atoms with Gasteiger partial charge in [-0.05, 0) is 6.42 Å². The molecule has 0 aliphatic carbocycles. The van der Waals surface area contributed by atoms with Gasteiger partial charge in [-0.2, -0.15) is 0 Å². The fraction of sp³-hybridized carbons (Fsp3) is 0.769. The Morgan fingerprint density at radius 1 is 1.35 bits per heavy atom. The summed E-state index contributed by atoms with van der Waals surface area (Å²) in [5, 5.41) is 4.62. The minimum absolute atomic E-state index is 0.152. The molecule has 1 N–H and O–H groups in total. The predicted molar refractivity (Wildman–Crippen MR) is 73.8 cm³/mol. The van der Waals surface area contributed by atoms with Crippen LogP contribution in [-0.4, -0.2) is 25.2 Å². The summed E-state index contributed by atoms with van der Waals surface area (Å²) in [5.41, 5.74) is 1.39. The van der Waals surface area contributed by atoms with E-state index in [4.69, 9.17) is 9.72 Å². The van der Waals surface area contributed by atoms with E-state index in [1.165, 1.54) is 15.6 Å². The molecular formula is C13H24N2OS. The highest BCUT2D eigenvalue weighted by atomic mass is 32.1. The summed E-state index contributed by atoms with van der Waals surface area (Å²) in [6.07, 6.45) is 1.01. The Labute approximate surface area is 109 Å². The number of aromatic nitrogens is 1. The van der Waals surface area contributed by atoms with Crippen molar-refractivity contribution in [1.82, 2.24) is 10.3 Å². The number of nitrogens with zero attached hydrogens (tertiary/aromatic N) is 1. The van der Waals surface area contributed by atoms with Crippen molar-refractivity contribution < 1.29 is 4.74 Å². The molecule has 0 spiro atoms. The molecule has 0 aliphatic heterocycles. The average Bonchev–Trinajstić information content (AvgIpc) is 2.67. The topological polar surface area (TPSA) is 34.2 Å². The van der Waals surface area contributed by atoms with Gasteiger partial charge in [0.05, 0.1) is 17.3 Å². The molecule has 1 rings (SSSR count). The van der Waals surface area contributed by atoms with Gasteiger partial charge < -0.3 is 10.1 Å². The first kappa shape index (κ1) is 14.6. The summed E-state index contributed by atoms with van der Waals surface area (Å²) in [6, 6.07) is 0. The van der Waals surface area contributed by atoms with Crippen LogP contribution >= 0.6 is 11.3 Å². The lowest BCUT2D eigenvalue weighted by Gasteiger charge is -2.13. The quantitative estimate of drug-likeness (QED) is 0.795. The van der Waals surface area contributed by atoms with Crippen molar-refractivity contribution in [3.63, 3.8) is 0 Å². The molecule has 1 aromatic heterocycles. The third-order valence-corrected chi connectivity index (χ3v) is 4.05. The molecule has 0 fully saturated rings. The van der Waals surface area contributed by atoms with Gasteiger partial charge in [-0.15, -0.1) is 11.3 Å². The van der Waals surface area contributed by atoms with Gasteiger partial charge in [-0.1, -0.05) is 27.7 Å². The van der Waals surface area contributed by atoms with Crippen LogP contribution in [0.2, 0.25) is 0 Å². The zero-order chi connectivity index (χ0) is 12.9. The summed E-state index contributed by atoms with van der Waals surface area (Å²) in [4.78, 5) is 6.12. The third kappa shape index (κ3) is 4.37. The monoisotopic (exact) mass is 256 g/mol. The lowest BCUT2D eigenvalue weighted by Crippen LogP contribution is -2.18. The van der Waals surface area contributed by atoms with Crippen LogP contribution in [0.3, 0.4) is 0 Å². The molecule has 0 unspecified atom stereocenters. The minimum atomic E-state index is 0.152. The molecule has 0 aliphatic rings. The average molecular weight is 256 g/mol. The summed E-state index contributed by atoms with van der Waals surface area (Å²) in [6.45, 7) is 11.4. The standard InChI is InChI=1S/C13H24N2OS/c1-6-10-11(9-14-7-8-16-5)17-12(15-10)13(2,3)4/h14H,6-9H2,1-5H3. The molecule has 98 valence electrons. The van der Waals surface area contributed by atoms with E-state index in [1.807, 2.05) is 11.3 Å². The molecule has 0 amide bonds. The van der Waals surface area contributed by atoms with Crippen LogP contribution in [-0.2, 0) is 23.1 Å². The fourth-order valence-corrected chi connectivity index (χ4v) is 2.67. The Morgan fingerprint density at radius 3 is 2.59 bits per heavy atom. The molecule has 0 saturated carbocycles. The number of hydrogen-bond donors (Lipinski definition) is 1. The Balaban J connectivity index is 2.67. The molecule has 17 heavy (non-hydrogen) atoms. The van der Waals surface area contributed by atoms with E-state index >= 15 is 0 Å². The molecule has 3 nitrogen and oxygen atoms in total. The third-order valence-electron chi connectivity index (χ3n) is 2.52. The summed E-state index contributed by atoms with van der Waals surface area (Å²) in [7, 11) is 1.73. The van der Waals surface area contributed by atoms with Crippen molar-refractivity contribution in [2.75, 3.05) is 20.3 Å². The van der Waals surface area contributed by atoms with E-state index in [1.54, 1.807) is 7.11 Å². The van der Waals surface area contributed by atoms with Gasteiger partial charge in [0, 0.05) is 30.5 Å². The zero-order valence-corrected chi connectivity index (χ0v) is 12.4. The van der Waals surface area contributed by atoms with Gasteiger partial charge in [0.15, 0.2) is 0 Å². The van der Waals surface area contributed by atoms with Gasteiger partial charge >= 0.3 is 0 Å². The maximum atomic E-state index is 5.02. The van der Waals surface area contributed by atoms with Crippen molar-refractivity contribution >= 4 is 11.3 Å². The Hall–Kier alpha value is -0.450. The number of thiazole rings is 1. The zero-order valence-electron chi connectivity index (χ0n) is 11.6. The number of nitrogens with one attached hydrogen (secondary N) is 1. The number of hydrogen-bond acceptors (Lipinski definition) is 4. The second kappa shape index (κ2) is 6.47. The summed E-state index contributed by atoms with van der Waals surface area (Å²) < 4.78 is 5.02. The molecule has 0 aromatic carbocycles. The van der Waals surface area contributed by atoms with Gasteiger partial charge in [0.1, 0.15) is 0 Å². The van der Waals surface area contributed by atoms with Crippen LogP contribution in [0.4, 0.5) is 0 Å². The van der Waals surface area contributed by atoms with Crippen LogP contribution in [0.1, 0.15) is 43.3 Å². The molecule has 1 aromatic rings. The van der Waals surface area contributed by atoms with Crippen molar-refractivity contribution in [3.05, 3.63) is 15.6 Å².